The molecule has 0 aromatic heterocycles. The molecule has 1 spiro atoms. The van der Waals surface area contributed by atoms with Crippen LogP contribution in [0.1, 0.15) is 36.3 Å². The molecule has 2 aliphatic heterocycles. The molecule has 3 aliphatic carbocycles. The van der Waals surface area contributed by atoms with Crippen LogP contribution in [0.5, 0.6) is 11.5 Å². The maximum absolute atomic E-state index is 11.5. The van der Waals surface area contributed by atoms with Crippen LogP contribution in [-0.4, -0.2) is 87.1 Å². The normalized spacial score (nSPS) is 46.8. The van der Waals surface area contributed by atoms with E-state index in [2.05, 4.69) is 11.8 Å². The van der Waals surface area contributed by atoms with Crippen LogP contribution in [0.15, 0.2) is 12.1 Å². The number of fused-ring (bicyclic) bond motifs is 3. The molecule has 7 nitrogen and oxygen atoms in total. The Balaban J connectivity index is 1.67. The number of ether oxygens (including phenoxy) is 4. The van der Waals surface area contributed by atoms with Gasteiger partial charge in [-0.1, -0.05) is 6.92 Å². The number of aliphatic hydroxyl groups is 1. The highest BCUT2D eigenvalue weighted by Gasteiger charge is 2.82. The molecule has 2 saturated heterocycles. The minimum atomic E-state index is -0.509. The van der Waals surface area contributed by atoms with Crippen molar-refractivity contribution in [3.05, 3.63) is 23.3 Å². The van der Waals surface area contributed by atoms with Crippen molar-refractivity contribution in [3.8, 4) is 11.5 Å². The molecular formula is C24H33NO6. The molecule has 7 heteroatoms. The third-order valence-corrected chi connectivity index (χ3v) is 9.52. The van der Waals surface area contributed by atoms with E-state index in [9.17, 15) is 10.2 Å². The molecule has 5 bridgehead atoms. The first kappa shape index (κ1) is 20.2. The third kappa shape index (κ3) is 2.09. The fraction of sp³-hybridized carbons (Fsp3) is 0.750. The number of piperidine rings is 1. The minimum Gasteiger partial charge on any atom is -0.504 e. The van der Waals surface area contributed by atoms with Gasteiger partial charge in [0.25, 0.3) is 0 Å². The number of methoxy groups -OCH3 is 3. The first-order chi connectivity index (χ1) is 15.0. The number of rotatable bonds is 5. The molecule has 1 aromatic carbocycles. The van der Waals surface area contributed by atoms with Gasteiger partial charge in [-0.3, -0.25) is 4.90 Å². The summed E-state index contributed by atoms with van der Waals surface area (Å²) >= 11 is 0. The maximum atomic E-state index is 11.5. The van der Waals surface area contributed by atoms with Crippen LogP contribution in [0, 0.1) is 16.7 Å². The maximum Gasteiger partial charge on any atom is 0.160 e. The molecule has 2 heterocycles. The van der Waals surface area contributed by atoms with E-state index >= 15 is 0 Å². The summed E-state index contributed by atoms with van der Waals surface area (Å²) in [4.78, 5) is 2.55. The van der Waals surface area contributed by atoms with Gasteiger partial charge in [-0.25, -0.2) is 0 Å². The van der Waals surface area contributed by atoms with Gasteiger partial charge in [-0.05, 0) is 29.8 Å². The van der Waals surface area contributed by atoms with Crippen LogP contribution in [0.3, 0.4) is 0 Å². The SMILES string of the molecule is CCN1C[C@]2(COC)[C@H](O)C[C@@H]3OC[C@@H]4c5cc(O)c(OC)cc5[C@@H]5C1[C@]34[C@@H]2[C@H]5OC. The van der Waals surface area contributed by atoms with Crippen LogP contribution in [0.25, 0.3) is 0 Å². The van der Waals surface area contributed by atoms with Crippen molar-refractivity contribution in [2.24, 2.45) is 16.7 Å². The molecule has 2 N–H and O–H groups in total. The molecule has 0 amide bonds. The molecule has 5 aliphatic rings. The molecule has 4 fully saturated rings. The molecule has 9 atom stereocenters. The lowest BCUT2D eigenvalue weighted by Gasteiger charge is -2.65. The highest BCUT2D eigenvalue weighted by molar-refractivity contribution is 5.56. The summed E-state index contributed by atoms with van der Waals surface area (Å²) in [6.45, 7) is 5.01. The number of aliphatic hydroxyl groups excluding tert-OH is 1. The van der Waals surface area contributed by atoms with Crippen molar-refractivity contribution in [1.82, 2.24) is 4.90 Å². The van der Waals surface area contributed by atoms with Gasteiger partial charge in [0.15, 0.2) is 11.5 Å². The van der Waals surface area contributed by atoms with Gasteiger partial charge in [-0.15, -0.1) is 0 Å². The molecule has 1 aromatic rings. The predicted molar refractivity (Wildman–Crippen MR) is 113 cm³/mol. The summed E-state index contributed by atoms with van der Waals surface area (Å²) in [6.07, 6.45) is 0.0333. The zero-order valence-electron chi connectivity index (χ0n) is 18.7. The average molecular weight is 432 g/mol. The average Bonchev–Trinajstić information content (AvgIpc) is 3.20. The van der Waals surface area contributed by atoms with Crippen molar-refractivity contribution in [1.29, 1.82) is 0 Å². The third-order valence-electron chi connectivity index (χ3n) is 9.52. The summed E-state index contributed by atoms with van der Waals surface area (Å²) < 4.78 is 24.1. The Hall–Kier alpha value is -1.38. The van der Waals surface area contributed by atoms with Gasteiger partial charge >= 0.3 is 0 Å². The van der Waals surface area contributed by atoms with Gasteiger partial charge < -0.3 is 29.2 Å². The minimum absolute atomic E-state index is 0.0260. The molecule has 2 saturated carbocycles. The predicted octanol–water partition coefficient (Wildman–Crippen LogP) is 1.71. The van der Waals surface area contributed by atoms with Crippen LogP contribution in [0.4, 0.5) is 0 Å². The standard InChI is InChI=1S/C24H33NO6/c1-5-25-10-23(11-28-2)17(27)8-18-24-14(9-31-18)12-6-15(26)16(29-3)7-13(12)19(22(24)25)20(30-4)21(23)24/h6-7,14,17-22,26-27H,5,8-11H2,1-4H3/t14-,17-,18+,19+,20+,21-,22?,23+,24+/m1/s1. The van der Waals surface area contributed by atoms with Crippen molar-refractivity contribution >= 4 is 0 Å². The lowest BCUT2D eigenvalue weighted by atomic mass is 9.45. The van der Waals surface area contributed by atoms with E-state index in [1.165, 1.54) is 5.56 Å². The number of phenols is 1. The first-order valence-corrected chi connectivity index (χ1v) is 11.5. The quantitative estimate of drug-likeness (QED) is 0.735. The van der Waals surface area contributed by atoms with Gasteiger partial charge in [0.1, 0.15) is 0 Å². The molecular weight excluding hydrogens is 398 g/mol. The van der Waals surface area contributed by atoms with E-state index < -0.39 is 11.5 Å². The number of likely N-dealkylation sites (tertiary alicyclic amines) is 1. The van der Waals surface area contributed by atoms with E-state index in [-0.39, 0.29) is 47.2 Å². The molecule has 6 rings (SSSR count). The molecule has 170 valence electrons. The molecule has 1 unspecified atom stereocenters. The molecule has 0 radical (unpaired) electrons. The number of benzene rings is 1. The van der Waals surface area contributed by atoms with Crippen LogP contribution >= 0.6 is 0 Å². The Morgan fingerprint density at radius 2 is 2.03 bits per heavy atom. The fourth-order valence-corrected chi connectivity index (χ4v) is 8.82. The summed E-state index contributed by atoms with van der Waals surface area (Å²) in [6, 6.07) is 4.18. The summed E-state index contributed by atoms with van der Waals surface area (Å²) in [5.74, 6) is 1.06. The number of aromatic hydroxyl groups is 1. The zero-order chi connectivity index (χ0) is 21.7. The van der Waals surface area contributed by atoms with Crippen LogP contribution in [-0.2, 0) is 14.2 Å². The molecule has 31 heavy (non-hydrogen) atoms. The first-order valence-electron chi connectivity index (χ1n) is 11.5. The van der Waals surface area contributed by atoms with E-state index in [1.54, 1.807) is 21.3 Å². The summed E-state index contributed by atoms with van der Waals surface area (Å²) in [5, 5.41) is 22.2. The van der Waals surface area contributed by atoms with E-state index in [1.807, 2.05) is 12.1 Å². The monoisotopic (exact) mass is 431 g/mol. The van der Waals surface area contributed by atoms with Crippen molar-refractivity contribution in [3.63, 3.8) is 0 Å². The lowest BCUT2D eigenvalue weighted by molar-refractivity contribution is -0.235. The zero-order valence-corrected chi connectivity index (χ0v) is 18.7. The number of nitrogens with zero attached hydrogens (tertiary/aromatic N) is 1. The van der Waals surface area contributed by atoms with E-state index in [4.69, 9.17) is 18.9 Å². The lowest BCUT2D eigenvalue weighted by Crippen LogP contribution is -2.73. The second-order valence-corrected chi connectivity index (χ2v) is 10.2. The Kier molecular flexibility index (Phi) is 4.29. The Morgan fingerprint density at radius 1 is 1.23 bits per heavy atom. The highest BCUT2D eigenvalue weighted by Crippen LogP contribution is 2.77. The number of likely N-dealkylation sites (N-methyl/N-ethyl adjacent to an activating group) is 1. The van der Waals surface area contributed by atoms with Gasteiger partial charge in [0.05, 0.1) is 38.6 Å². The van der Waals surface area contributed by atoms with E-state index in [0.717, 1.165) is 18.7 Å². The topological polar surface area (TPSA) is 80.6 Å². The van der Waals surface area contributed by atoms with E-state index in [0.29, 0.717) is 25.4 Å². The van der Waals surface area contributed by atoms with Gasteiger partial charge in [-0.2, -0.15) is 0 Å². The Labute approximate surface area is 183 Å². The second kappa shape index (κ2) is 6.58. The van der Waals surface area contributed by atoms with Crippen molar-refractivity contribution < 1.29 is 29.2 Å². The second-order valence-electron chi connectivity index (χ2n) is 10.2. The Bertz CT molecular complexity index is 908. The largest absolute Gasteiger partial charge is 0.504 e. The van der Waals surface area contributed by atoms with Gasteiger partial charge in [0.2, 0.25) is 0 Å². The smallest absolute Gasteiger partial charge is 0.160 e. The van der Waals surface area contributed by atoms with Gasteiger partial charge in [0, 0.05) is 61.8 Å². The van der Waals surface area contributed by atoms with Crippen molar-refractivity contribution in [2.75, 3.05) is 47.6 Å². The van der Waals surface area contributed by atoms with Crippen molar-refractivity contribution in [2.45, 2.75) is 49.5 Å². The number of hydrogen-bond donors (Lipinski definition) is 2. The summed E-state index contributed by atoms with van der Waals surface area (Å²) in [5.41, 5.74) is 1.79. The fourth-order valence-electron chi connectivity index (χ4n) is 8.82. The summed E-state index contributed by atoms with van der Waals surface area (Å²) in [7, 11) is 5.13. The number of phenolic OH excluding ortho intramolecular Hbond substituents is 1. The van der Waals surface area contributed by atoms with Crippen LogP contribution in [0.2, 0.25) is 0 Å². The highest BCUT2D eigenvalue weighted by atomic mass is 16.5. The number of hydrogen-bond acceptors (Lipinski definition) is 7. The Morgan fingerprint density at radius 3 is 2.71 bits per heavy atom. The van der Waals surface area contributed by atoms with Crippen LogP contribution < -0.4 is 4.74 Å².